The number of hydrogen-bond acceptors (Lipinski definition) is 0. The predicted molar refractivity (Wildman–Crippen MR) is 97.0 cm³/mol. The van der Waals surface area contributed by atoms with Gasteiger partial charge in [-0.2, -0.15) is 0 Å². The van der Waals surface area contributed by atoms with Crippen molar-refractivity contribution in [1.29, 1.82) is 0 Å². The van der Waals surface area contributed by atoms with E-state index in [0.717, 1.165) is 5.54 Å². The lowest BCUT2D eigenvalue weighted by Crippen LogP contribution is -2.33. The van der Waals surface area contributed by atoms with Crippen LogP contribution in [-0.4, -0.2) is 24.2 Å². The Kier molecular flexibility index (Phi) is 6.36. The molecular formula is C15H36Si3. The van der Waals surface area contributed by atoms with E-state index in [1.165, 1.54) is 18.9 Å². The van der Waals surface area contributed by atoms with Gasteiger partial charge in [0, 0.05) is 16.1 Å². The molecular weight excluding hydrogens is 264 g/mol. The highest BCUT2D eigenvalue weighted by Gasteiger charge is 2.31. The van der Waals surface area contributed by atoms with Gasteiger partial charge >= 0.3 is 0 Å². The van der Waals surface area contributed by atoms with Crippen molar-refractivity contribution >= 4 is 24.2 Å². The van der Waals surface area contributed by atoms with Gasteiger partial charge < -0.3 is 0 Å². The first-order chi connectivity index (χ1) is 7.73. The lowest BCUT2D eigenvalue weighted by Gasteiger charge is -2.34. The minimum atomic E-state index is -1.14. The van der Waals surface area contributed by atoms with Crippen LogP contribution in [0, 0.1) is 0 Å². The zero-order valence-electron chi connectivity index (χ0n) is 14.4. The fourth-order valence-corrected chi connectivity index (χ4v) is 6.49. The summed E-state index contributed by atoms with van der Waals surface area (Å²) in [5.74, 6) is 0. The van der Waals surface area contributed by atoms with Gasteiger partial charge in [0.2, 0.25) is 0 Å². The van der Waals surface area contributed by atoms with E-state index < -0.39 is 24.2 Å². The zero-order chi connectivity index (χ0) is 14.8. The molecule has 0 saturated heterocycles. The molecule has 0 N–H and O–H groups in total. The van der Waals surface area contributed by atoms with E-state index in [1.807, 2.05) is 0 Å². The van der Waals surface area contributed by atoms with Crippen LogP contribution in [0.4, 0.5) is 0 Å². The molecule has 0 aromatic heterocycles. The summed E-state index contributed by atoms with van der Waals surface area (Å²) >= 11 is 0. The molecule has 1 atom stereocenters. The van der Waals surface area contributed by atoms with E-state index in [-0.39, 0.29) is 0 Å². The van der Waals surface area contributed by atoms with E-state index in [1.54, 1.807) is 5.20 Å². The Morgan fingerprint density at radius 2 is 1.33 bits per heavy atom. The molecule has 0 aromatic rings. The number of rotatable bonds is 7. The Morgan fingerprint density at radius 3 is 1.61 bits per heavy atom. The maximum absolute atomic E-state index is 4.42. The molecule has 0 saturated carbocycles. The minimum Gasteiger partial charge on any atom is -0.104 e. The van der Waals surface area contributed by atoms with Gasteiger partial charge in [-0.05, 0) is 12.0 Å². The monoisotopic (exact) mass is 300 g/mol. The molecule has 0 heterocycles. The van der Waals surface area contributed by atoms with Crippen LogP contribution < -0.4 is 0 Å². The van der Waals surface area contributed by atoms with E-state index in [9.17, 15) is 0 Å². The van der Waals surface area contributed by atoms with Crippen LogP contribution in [0.3, 0.4) is 0 Å². The van der Waals surface area contributed by atoms with Gasteiger partial charge in [0.25, 0.3) is 0 Å². The molecule has 0 radical (unpaired) electrons. The first-order valence-electron chi connectivity index (χ1n) is 7.42. The van der Waals surface area contributed by atoms with Crippen molar-refractivity contribution in [3.05, 3.63) is 11.8 Å². The summed E-state index contributed by atoms with van der Waals surface area (Å²) in [6.07, 6.45) is 2.77. The Balaban J connectivity index is 4.68. The molecule has 0 aliphatic carbocycles. The summed E-state index contributed by atoms with van der Waals surface area (Å²) in [5, 5.41) is 1.59. The van der Waals surface area contributed by atoms with Gasteiger partial charge in [-0.3, -0.25) is 0 Å². The van der Waals surface area contributed by atoms with Gasteiger partial charge in [-0.25, -0.2) is 0 Å². The highest BCUT2D eigenvalue weighted by molar-refractivity contribution is 6.83. The molecule has 0 nitrogen and oxygen atoms in total. The Labute approximate surface area is 119 Å². The Hall–Kier alpha value is 0.391. The topological polar surface area (TPSA) is 0 Å². The van der Waals surface area contributed by atoms with Crippen LogP contribution in [0.25, 0.3) is 0 Å². The Morgan fingerprint density at radius 1 is 0.889 bits per heavy atom. The van der Waals surface area contributed by atoms with Crippen molar-refractivity contribution in [1.82, 2.24) is 0 Å². The average molecular weight is 301 g/mol. The molecule has 0 aliphatic heterocycles. The summed E-state index contributed by atoms with van der Waals surface area (Å²) in [6.45, 7) is 26.9. The first kappa shape index (κ1) is 18.4. The molecule has 0 fully saturated rings. The molecule has 0 bridgehead atoms. The molecule has 108 valence electrons. The second kappa shape index (κ2) is 6.23. The fraction of sp³-hybridized carbons (Fsp3) is 0.867. The van der Waals surface area contributed by atoms with Gasteiger partial charge in [0.05, 0.1) is 8.07 Å². The van der Waals surface area contributed by atoms with Crippen LogP contribution in [0.2, 0.25) is 70.5 Å². The molecule has 18 heavy (non-hydrogen) atoms. The predicted octanol–water partition coefficient (Wildman–Crippen LogP) is 6.25. The molecule has 3 heteroatoms. The van der Waals surface area contributed by atoms with Gasteiger partial charge in [0.15, 0.2) is 0 Å². The average Bonchev–Trinajstić information content (AvgIpc) is 2.06. The standard InChI is InChI=1S/C15H36Si3/c1-14(17(5,6)7)13-15(18(8,9)10)11-12-16(2,3)4/h15H,1,11-13H2,2-10H3. The molecule has 0 aliphatic rings. The summed E-state index contributed by atoms with van der Waals surface area (Å²) in [6, 6.07) is 1.49. The molecule has 0 aromatic carbocycles. The largest absolute Gasteiger partial charge is 0.104 e. The maximum Gasteiger partial charge on any atom is 0.0716 e. The summed E-state index contributed by atoms with van der Waals surface area (Å²) < 4.78 is 0. The smallest absolute Gasteiger partial charge is 0.0716 e. The van der Waals surface area contributed by atoms with Gasteiger partial charge in [-0.15, -0.1) is 6.58 Å². The van der Waals surface area contributed by atoms with Crippen molar-refractivity contribution in [2.75, 3.05) is 0 Å². The van der Waals surface area contributed by atoms with Crippen LogP contribution in [0.1, 0.15) is 12.8 Å². The summed E-state index contributed by atoms with van der Waals surface area (Å²) in [4.78, 5) is 0. The molecule has 0 rings (SSSR count). The second-order valence-electron chi connectivity index (χ2n) is 9.22. The van der Waals surface area contributed by atoms with Gasteiger partial charge in [0.1, 0.15) is 0 Å². The van der Waals surface area contributed by atoms with Crippen LogP contribution >= 0.6 is 0 Å². The SMILES string of the molecule is C=C(CC(CC[Si](C)(C)C)[Si](C)(C)C)[Si](C)(C)C. The normalized spacial score (nSPS) is 15.6. The van der Waals surface area contributed by atoms with Crippen molar-refractivity contribution in [2.24, 2.45) is 0 Å². The molecule has 0 spiro atoms. The number of allylic oxidation sites excluding steroid dienone is 1. The van der Waals surface area contributed by atoms with Crippen LogP contribution in [-0.2, 0) is 0 Å². The van der Waals surface area contributed by atoms with Crippen molar-refractivity contribution < 1.29 is 0 Å². The quantitative estimate of drug-likeness (QED) is 0.488. The first-order valence-corrected chi connectivity index (χ1v) is 18.2. The lowest BCUT2D eigenvalue weighted by atomic mass is 10.2. The third-order valence-corrected chi connectivity index (χ3v) is 11.1. The van der Waals surface area contributed by atoms with Gasteiger partial charge in [-0.1, -0.05) is 76.6 Å². The molecule has 1 unspecified atom stereocenters. The fourth-order valence-electron chi connectivity index (χ4n) is 2.05. The van der Waals surface area contributed by atoms with Crippen LogP contribution in [0.5, 0.6) is 0 Å². The van der Waals surface area contributed by atoms with Crippen molar-refractivity contribution in [3.8, 4) is 0 Å². The molecule has 0 amide bonds. The van der Waals surface area contributed by atoms with E-state index in [0.29, 0.717) is 0 Å². The van der Waals surface area contributed by atoms with E-state index in [4.69, 9.17) is 0 Å². The van der Waals surface area contributed by atoms with Crippen molar-refractivity contribution in [3.63, 3.8) is 0 Å². The Bertz CT molecular complexity index is 274. The van der Waals surface area contributed by atoms with Crippen LogP contribution in [0.15, 0.2) is 11.8 Å². The second-order valence-corrected chi connectivity index (χ2v) is 25.6. The summed E-state index contributed by atoms with van der Waals surface area (Å²) in [5.41, 5.74) is 0.948. The minimum absolute atomic E-state index is 0.892. The summed E-state index contributed by atoms with van der Waals surface area (Å²) in [7, 11) is -3.07. The lowest BCUT2D eigenvalue weighted by molar-refractivity contribution is 0.759. The highest BCUT2D eigenvalue weighted by atomic mass is 28.3. The van der Waals surface area contributed by atoms with E-state index >= 15 is 0 Å². The third kappa shape index (κ3) is 7.74. The third-order valence-electron chi connectivity index (χ3n) is 4.02. The number of hydrogen-bond donors (Lipinski definition) is 0. The zero-order valence-corrected chi connectivity index (χ0v) is 17.4. The van der Waals surface area contributed by atoms with Crippen molar-refractivity contribution in [2.45, 2.75) is 83.4 Å². The maximum atomic E-state index is 4.42. The highest BCUT2D eigenvalue weighted by Crippen LogP contribution is 2.36. The van der Waals surface area contributed by atoms with E-state index in [2.05, 4.69) is 65.5 Å².